The smallest absolute Gasteiger partial charge is 0.338 e. The quantitative estimate of drug-likeness (QED) is 0.560. The summed E-state index contributed by atoms with van der Waals surface area (Å²) < 4.78 is 9.96. The van der Waals surface area contributed by atoms with Crippen LogP contribution in [0.5, 0.6) is 5.75 Å². The molecular weight excluding hydrogens is 192 g/mol. The van der Waals surface area contributed by atoms with Gasteiger partial charge in [-0.25, -0.2) is 4.79 Å². The lowest BCUT2D eigenvalue weighted by Crippen LogP contribution is -2.04. The summed E-state index contributed by atoms with van der Waals surface area (Å²) in [5.74, 6) is 0.399. The van der Waals surface area contributed by atoms with Crippen LogP contribution in [-0.4, -0.2) is 19.7 Å². The normalized spacial score (nSPS) is 10.3. The molecule has 0 atom stereocenters. The van der Waals surface area contributed by atoms with Gasteiger partial charge in [0.05, 0.1) is 12.7 Å². The minimum atomic E-state index is -0.323. The van der Waals surface area contributed by atoms with Crippen molar-refractivity contribution in [1.82, 2.24) is 0 Å². The summed E-state index contributed by atoms with van der Waals surface area (Å²) in [6.45, 7) is 2.18. The third kappa shape index (κ3) is 3.46. The van der Waals surface area contributed by atoms with Crippen LogP contribution in [0.2, 0.25) is 0 Å². The number of benzene rings is 1. The molecule has 0 heterocycles. The number of carbonyl (C=O) groups excluding carboxylic acids is 1. The maximum Gasteiger partial charge on any atom is 0.338 e. The highest BCUT2D eigenvalue weighted by Crippen LogP contribution is 2.11. The molecule has 80 valence electrons. The Morgan fingerprint density at radius 1 is 1.33 bits per heavy atom. The first-order valence-electron chi connectivity index (χ1n) is 4.70. The molecule has 1 aromatic carbocycles. The van der Waals surface area contributed by atoms with Crippen LogP contribution in [0.1, 0.15) is 17.3 Å². The van der Waals surface area contributed by atoms with Crippen molar-refractivity contribution < 1.29 is 14.3 Å². The molecule has 0 unspecified atom stereocenters. The number of methoxy groups -OCH3 is 1. The van der Waals surface area contributed by atoms with E-state index in [4.69, 9.17) is 9.47 Å². The lowest BCUT2D eigenvalue weighted by Gasteiger charge is -2.03. The molecule has 0 bridgehead atoms. The minimum Gasteiger partial charge on any atom is -0.497 e. The van der Waals surface area contributed by atoms with Crippen molar-refractivity contribution in [3.05, 3.63) is 42.0 Å². The first-order chi connectivity index (χ1) is 7.27. The Kier molecular flexibility index (Phi) is 4.41. The molecule has 0 N–H and O–H groups in total. The average Bonchev–Trinajstić information content (AvgIpc) is 2.29. The van der Waals surface area contributed by atoms with Crippen LogP contribution >= 0.6 is 0 Å². The Balaban J connectivity index is 2.58. The van der Waals surface area contributed by atoms with Crippen molar-refractivity contribution in [3.63, 3.8) is 0 Å². The predicted molar refractivity (Wildman–Crippen MR) is 58.1 cm³/mol. The minimum absolute atomic E-state index is 0.307. The van der Waals surface area contributed by atoms with Gasteiger partial charge in [0, 0.05) is 0 Å². The van der Waals surface area contributed by atoms with E-state index in [0.29, 0.717) is 12.2 Å². The number of hydrogen-bond acceptors (Lipinski definition) is 3. The second-order valence-electron chi connectivity index (χ2n) is 2.90. The maximum absolute atomic E-state index is 11.4. The molecule has 0 amide bonds. The summed E-state index contributed by atoms with van der Waals surface area (Å²) in [5.41, 5.74) is 0.528. The van der Waals surface area contributed by atoms with Gasteiger partial charge in [-0.1, -0.05) is 12.2 Å². The van der Waals surface area contributed by atoms with E-state index >= 15 is 0 Å². The Hall–Kier alpha value is -1.77. The molecule has 1 rings (SSSR count). The number of carbonyl (C=O) groups is 1. The second-order valence-corrected chi connectivity index (χ2v) is 2.90. The van der Waals surface area contributed by atoms with Crippen LogP contribution in [0, 0.1) is 0 Å². The lowest BCUT2D eigenvalue weighted by molar-refractivity contribution is 0.0549. The molecule has 0 spiro atoms. The lowest BCUT2D eigenvalue weighted by atomic mass is 10.2. The van der Waals surface area contributed by atoms with Crippen LogP contribution < -0.4 is 4.74 Å². The van der Waals surface area contributed by atoms with Gasteiger partial charge in [0.25, 0.3) is 0 Å². The van der Waals surface area contributed by atoms with Crippen LogP contribution in [0.4, 0.5) is 0 Å². The maximum atomic E-state index is 11.4. The number of esters is 1. The molecule has 0 aliphatic heterocycles. The fourth-order valence-corrected chi connectivity index (χ4v) is 1.03. The molecule has 15 heavy (non-hydrogen) atoms. The first-order valence-corrected chi connectivity index (χ1v) is 4.70. The highest BCUT2D eigenvalue weighted by molar-refractivity contribution is 5.89. The van der Waals surface area contributed by atoms with Gasteiger partial charge in [0.2, 0.25) is 0 Å². The van der Waals surface area contributed by atoms with Crippen LogP contribution in [0.3, 0.4) is 0 Å². The van der Waals surface area contributed by atoms with Gasteiger partial charge in [-0.2, -0.15) is 0 Å². The van der Waals surface area contributed by atoms with Crippen molar-refractivity contribution in [1.29, 1.82) is 0 Å². The zero-order valence-electron chi connectivity index (χ0n) is 8.90. The van der Waals surface area contributed by atoms with Gasteiger partial charge >= 0.3 is 5.97 Å². The molecule has 3 heteroatoms. The summed E-state index contributed by atoms with van der Waals surface area (Å²) in [6.07, 6.45) is 3.61. The fraction of sp³-hybridized carbons (Fsp3) is 0.250. The van der Waals surface area contributed by atoms with Crippen molar-refractivity contribution in [2.24, 2.45) is 0 Å². The van der Waals surface area contributed by atoms with E-state index in [0.717, 1.165) is 5.75 Å². The zero-order valence-corrected chi connectivity index (χ0v) is 8.90. The molecule has 0 radical (unpaired) electrons. The fourth-order valence-electron chi connectivity index (χ4n) is 1.03. The van der Waals surface area contributed by atoms with E-state index in [1.165, 1.54) is 0 Å². The van der Waals surface area contributed by atoms with Gasteiger partial charge in [0.15, 0.2) is 0 Å². The molecule has 0 saturated heterocycles. The van der Waals surface area contributed by atoms with Crippen LogP contribution in [-0.2, 0) is 4.74 Å². The summed E-state index contributed by atoms with van der Waals surface area (Å²) in [6, 6.07) is 6.81. The molecule has 3 nitrogen and oxygen atoms in total. The predicted octanol–water partition coefficient (Wildman–Crippen LogP) is 2.43. The van der Waals surface area contributed by atoms with Crippen molar-refractivity contribution in [2.75, 3.05) is 13.7 Å². The number of ether oxygens (including phenoxy) is 2. The molecule has 0 aliphatic rings. The van der Waals surface area contributed by atoms with E-state index in [2.05, 4.69) is 0 Å². The average molecular weight is 206 g/mol. The number of hydrogen-bond donors (Lipinski definition) is 0. The van der Waals surface area contributed by atoms with E-state index in [9.17, 15) is 4.79 Å². The third-order valence-electron chi connectivity index (χ3n) is 1.87. The monoisotopic (exact) mass is 206 g/mol. The highest BCUT2D eigenvalue weighted by atomic mass is 16.5. The zero-order chi connectivity index (χ0) is 11.1. The molecule has 0 saturated carbocycles. The van der Waals surface area contributed by atoms with E-state index < -0.39 is 0 Å². The van der Waals surface area contributed by atoms with Gasteiger partial charge in [0.1, 0.15) is 12.4 Å². The van der Waals surface area contributed by atoms with E-state index in [-0.39, 0.29) is 5.97 Å². The second kappa shape index (κ2) is 5.86. The van der Waals surface area contributed by atoms with Crippen LogP contribution in [0.25, 0.3) is 0 Å². The van der Waals surface area contributed by atoms with Crippen molar-refractivity contribution in [2.45, 2.75) is 6.92 Å². The Labute approximate surface area is 89.3 Å². The highest BCUT2D eigenvalue weighted by Gasteiger charge is 2.05. The Bertz CT molecular complexity index is 338. The molecular formula is C12H14O3. The largest absolute Gasteiger partial charge is 0.497 e. The first kappa shape index (κ1) is 11.3. The SMILES string of the molecule is C/C=C\COC(=O)c1ccc(OC)cc1. The van der Waals surface area contributed by atoms with E-state index in [1.54, 1.807) is 37.5 Å². The third-order valence-corrected chi connectivity index (χ3v) is 1.87. The van der Waals surface area contributed by atoms with E-state index in [1.807, 2.05) is 13.0 Å². The summed E-state index contributed by atoms with van der Waals surface area (Å²) >= 11 is 0. The molecule has 0 aliphatic carbocycles. The summed E-state index contributed by atoms with van der Waals surface area (Å²) in [7, 11) is 1.58. The Morgan fingerprint density at radius 2 is 2.00 bits per heavy atom. The van der Waals surface area contributed by atoms with Gasteiger partial charge in [-0.05, 0) is 31.2 Å². The van der Waals surface area contributed by atoms with Gasteiger partial charge in [-0.15, -0.1) is 0 Å². The molecule has 0 fully saturated rings. The standard InChI is InChI=1S/C12H14O3/c1-3-4-9-15-12(13)10-5-7-11(14-2)8-6-10/h3-8H,9H2,1-2H3/b4-3-. The Morgan fingerprint density at radius 3 is 2.53 bits per heavy atom. The van der Waals surface area contributed by atoms with Crippen molar-refractivity contribution >= 4 is 5.97 Å². The number of rotatable bonds is 4. The summed E-state index contributed by atoms with van der Waals surface area (Å²) in [5, 5.41) is 0. The summed E-state index contributed by atoms with van der Waals surface area (Å²) in [4.78, 5) is 11.4. The van der Waals surface area contributed by atoms with Gasteiger partial charge in [-0.3, -0.25) is 0 Å². The van der Waals surface area contributed by atoms with Crippen LogP contribution in [0.15, 0.2) is 36.4 Å². The van der Waals surface area contributed by atoms with Gasteiger partial charge < -0.3 is 9.47 Å². The topological polar surface area (TPSA) is 35.5 Å². The number of allylic oxidation sites excluding steroid dienone is 1. The van der Waals surface area contributed by atoms with Crippen molar-refractivity contribution in [3.8, 4) is 5.75 Å². The molecule has 1 aromatic rings. The molecule has 0 aromatic heterocycles.